The predicted octanol–water partition coefficient (Wildman–Crippen LogP) is -0.0405. The first kappa shape index (κ1) is 15.2. The monoisotopic (exact) mass is 246 g/mol. The van der Waals surface area contributed by atoms with Gasteiger partial charge in [0.1, 0.15) is 6.54 Å². The van der Waals surface area contributed by atoms with Crippen molar-refractivity contribution in [3.05, 3.63) is 0 Å². The number of esters is 1. The van der Waals surface area contributed by atoms with E-state index in [0.29, 0.717) is 0 Å². The molecule has 0 aromatic heterocycles. The molecular formula is C10H18N2O5. The molecule has 3 N–H and O–H groups in total. The number of nitrogens with one attached hydrogen (secondary N) is 2. The molecule has 0 saturated heterocycles. The van der Waals surface area contributed by atoms with Gasteiger partial charge in [0.15, 0.2) is 0 Å². The third-order valence-electron chi connectivity index (χ3n) is 1.83. The van der Waals surface area contributed by atoms with Crippen molar-refractivity contribution in [3.8, 4) is 0 Å². The van der Waals surface area contributed by atoms with Gasteiger partial charge in [-0.25, -0.2) is 4.79 Å². The van der Waals surface area contributed by atoms with Crippen LogP contribution in [0.1, 0.15) is 20.3 Å². The molecule has 0 aliphatic carbocycles. The van der Waals surface area contributed by atoms with Gasteiger partial charge in [-0.2, -0.15) is 0 Å². The lowest BCUT2D eigenvalue weighted by molar-refractivity contribution is -0.142. The van der Waals surface area contributed by atoms with Crippen LogP contribution in [0.15, 0.2) is 0 Å². The Kier molecular flexibility index (Phi) is 7.49. The number of rotatable bonds is 7. The van der Waals surface area contributed by atoms with E-state index in [4.69, 9.17) is 5.11 Å². The molecule has 0 radical (unpaired) electrons. The first-order valence-electron chi connectivity index (χ1n) is 5.34. The van der Waals surface area contributed by atoms with E-state index in [-0.39, 0.29) is 32.0 Å². The zero-order valence-electron chi connectivity index (χ0n) is 9.99. The molecule has 0 aliphatic heterocycles. The van der Waals surface area contributed by atoms with E-state index in [1.165, 1.54) is 0 Å². The van der Waals surface area contributed by atoms with E-state index in [1.807, 2.05) is 0 Å². The quantitative estimate of drug-likeness (QED) is 0.547. The summed E-state index contributed by atoms with van der Waals surface area (Å²) in [4.78, 5) is 32.4. The normalized spacial score (nSPS) is 11.4. The minimum absolute atomic E-state index is 0.0157. The number of hydrogen-bond donors (Lipinski definition) is 3. The fourth-order valence-electron chi connectivity index (χ4n) is 1.06. The SMILES string of the molecule is CCOC(=O)CNC(=O)NCC(C)CC(=O)O. The van der Waals surface area contributed by atoms with Gasteiger partial charge in [-0.3, -0.25) is 9.59 Å². The summed E-state index contributed by atoms with van der Waals surface area (Å²) in [6, 6.07) is -0.518. The van der Waals surface area contributed by atoms with Gasteiger partial charge in [-0.05, 0) is 12.8 Å². The molecule has 0 fully saturated rings. The van der Waals surface area contributed by atoms with Gasteiger partial charge in [0.2, 0.25) is 0 Å². The highest BCUT2D eigenvalue weighted by Gasteiger charge is 2.10. The van der Waals surface area contributed by atoms with Crippen molar-refractivity contribution >= 4 is 18.0 Å². The molecular weight excluding hydrogens is 228 g/mol. The van der Waals surface area contributed by atoms with Gasteiger partial charge in [-0.15, -0.1) is 0 Å². The Morgan fingerprint density at radius 1 is 1.29 bits per heavy atom. The number of carbonyl (C=O) groups is 3. The second-order valence-electron chi connectivity index (χ2n) is 3.57. The Morgan fingerprint density at radius 3 is 2.47 bits per heavy atom. The van der Waals surface area contributed by atoms with Crippen molar-refractivity contribution in [2.45, 2.75) is 20.3 Å². The van der Waals surface area contributed by atoms with Gasteiger partial charge >= 0.3 is 18.0 Å². The van der Waals surface area contributed by atoms with Crippen molar-refractivity contribution < 1.29 is 24.2 Å². The van der Waals surface area contributed by atoms with Crippen molar-refractivity contribution in [2.24, 2.45) is 5.92 Å². The van der Waals surface area contributed by atoms with E-state index in [0.717, 1.165) is 0 Å². The van der Waals surface area contributed by atoms with Crippen LogP contribution in [0.25, 0.3) is 0 Å². The molecule has 0 bridgehead atoms. The Bertz CT molecular complexity index is 280. The number of hydrogen-bond acceptors (Lipinski definition) is 4. The Balaban J connectivity index is 3.65. The minimum atomic E-state index is -0.911. The molecule has 1 atom stereocenters. The summed E-state index contributed by atoms with van der Waals surface area (Å²) in [7, 11) is 0. The molecule has 0 aromatic carbocycles. The highest BCUT2D eigenvalue weighted by molar-refractivity contribution is 5.80. The molecule has 0 spiro atoms. The summed E-state index contributed by atoms with van der Waals surface area (Å²) in [5, 5.41) is 13.3. The molecule has 17 heavy (non-hydrogen) atoms. The molecule has 7 heteroatoms. The van der Waals surface area contributed by atoms with Gasteiger partial charge < -0.3 is 20.5 Å². The summed E-state index contributed by atoms with van der Waals surface area (Å²) in [5.74, 6) is -1.59. The van der Waals surface area contributed by atoms with Crippen molar-refractivity contribution in [1.82, 2.24) is 10.6 Å². The van der Waals surface area contributed by atoms with Crippen LogP contribution in [-0.4, -0.2) is 42.8 Å². The first-order chi connectivity index (χ1) is 7.95. The number of carboxylic acids is 1. The Morgan fingerprint density at radius 2 is 1.94 bits per heavy atom. The zero-order valence-corrected chi connectivity index (χ0v) is 9.99. The predicted molar refractivity (Wildman–Crippen MR) is 59.5 cm³/mol. The van der Waals surface area contributed by atoms with Crippen LogP contribution >= 0.6 is 0 Å². The molecule has 0 saturated carbocycles. The van der Waals surface area contributed by atoms with Gasteiger partial charge in [0.25, 0.3) is 0 Å². The topological polar surface area (TPSA) is 105 Å². The molecule has 0 aromatic rings. The lowest BCUT2D eigenvalue weighted by Crippen LogP contribution is -2.40. The van der Waals surface area contributed by atoms with E-state index in [9.17, 15) is 14.4 Å². The molecule has 1 unspecified atom stereocenters. The number of amides is 2. The fourth-order valence-corrected chi connectivity index (χ4v) is 1.06. The minimum Gasteiger partial charge on any atom is -0.481 e. The average molecular weight is 246 g/mol. The maximum absolute atomic E-state index is 11.2. The molecule has 98 valence electrons. The van der Waals surface area contributed by atoms with Crippen LogP contribution in [0.4, 0.5) is 4.79 Å². The highest BCUT2D eigenvalue weighted by Crippen LogP contribution is 1.98. The molecule has 0 aliphatic rings. The number of ether oxygens (including phenoxy) is 1. The van der Waals surface area contributed by atoms with E-state index in [2.05, 4.69) is 15.4 Å². The van der Waals surface area contributed by atoms with Crippen LogP contribution in [0, 0.1) is 5.92 Å². The Hall–Kier alpha value is -1.79. The molecule has 7 nitrogen and oxygen atoms in total. The van der Waals surface area contributed by atoms with Crippen LogP contribution in [-0.2, 0) is 14.3 Å². The molecule has 2 amide bonds. The third kappa shape index (κ3) is 9.16. The van der Waals surface area contributed by atoms with Crippen LogP contribution in [0.2, 0.25) is 0 Å². The van der Waals surface area contributed by atoms with Crippen LogP contribution in [0.3, 0.4) is 0 Å². The largest absolute Gasteiger partial charge is 0.481 e. The summed E-state index contributed by atoms with van der Waals surface area (Å²) >= 11 is 0. The number of carboxylic acid groups (broad SMARTS) is 1. The second kappa shape index (κ2) is 8.37. The van der Waals surface area contributed by atoms with Crippen molar-refractivity contribution in [1.29, 1.82) is 0 Å². The van der Waals surface area contributed by atoms with Crippen LogP contribution in [0.5, 0.6) is 0 Å². The molecule has 0 rings (SSSR count). The van der Waals surface area contributed by atoms with Gasteiger partial charge in [-0.1, -0.05) is 6.92 Å². The average Bonchev–Trinajstić information content (AvgIpc) is 2.23. The number of carbonyl (C=O) groups excluding carboxylic acids is 2. The number of aliphatic carboxylic acids is 1. The van der Waals surface area contributed by atoms with Crippen molar-refractivity contribution in [2.75, 3.05) is 19.7 Å². The summed E-state index contributed by atoms with van der Waals surface area (Å²) < 4.78 is 4.61. The molecule has 0 heterocycles. The fraction of sp³-hybridized carbons (Fsp3) is 0.700. The van der Waals surface area contributed by atoms with E-state index in [1.54, 1.807) is 13.8 Å². The smallest absolute Gasteiger partial charge is 0.325 e. The van der Waals surface area contributed by atoms with Gasteiger partial charge in [0, 0.05) is 13.0 Å². The lowest BCUT2D eigenvalue weighted by atomic mass is 10.1. The summed E-state index contributed by atoms with van der Waals surface area (Å²) in [5.41, 5.74) is 0. The van der Waals surface area contributed by atoms with E-state index >= 15 is 0 Å². The zero-order chi connectivity index (χ0) is 13.3. The number of urea groups is 1. The van der Waals surface area contributed by atoms with Crippen molar-refractivity contribution in [3.63, 3.8) is 0 Å². The third-order valence-corrected chi connectivity index (χ3v) is 1.83. The van der Waals surface area contributed by atoms with Gasteiger partial charge in [0.05, 0.1) is 6.61 Å². The standard InChI is InChI=1S/C10H18N2O5/c1-3-17-9(15)6-12-10(16)11-5-7(2)4-8(13)14/h7H,3-6H2,1-2H3,(H,13,14)(H2,11,12,16). The highest BCUT2D eigenvalue weighted by atomic mass is 16.5. The van der Waals surface area contributed by atoms with E-state index < -0.39 is 18.0 Å². The second-order valence-corrected chi connectivity index (χ2v) is 3.57. The van der Waals surface area contributed by atoms with Crippen LogP contribution < -0.4 is 10.6 Å². The lowest BCUT2D eigenvalue weighted by Gasteiger charge is -2.11. The summed E-state index contributed by atoms with van der Waals surface area (Å²) in [6.45, 7) is 3.68. The first-order valence-corrected chi connectivity index (χ1v) is 5.34. The Labute approximate surface area is 99.5 Å². The summed E-state index contributed by atoms with van der Waals surface area (Å²) in [6.07, 6.45) is -0.0157. The maximum atomic E-state index is 11.2. The maximum Gasteiger partial charge on any atom is 0.325 e.